The number of carbonyl (C=O) groups is 1. The molecule has 0 spiro atoms. The Balaban J connectivity index is 2.73. The van der Waals surface area contributed by atoms with Crippen molar-refractivity contribution in [2.45, 2.75) is 65.8 Å². The summed E-state index contributed by atoms with van der Waals surface area (Å²) in [5, 5.41) is 3.48. The van der Waals surface area contributed by atoms with Crippen molar-refractivity contribution in [3.05, 3.63) is 0 Å². The number of primary amides is 1. The van der Waals surface area contributed by atoms with E-state index >= 15 is 0 Å². The van der Waals surface area contributed by atoms with Crippen LogP contribution in [-0.2, 0) is 4.79 Å². The zero-order valence-electron chi connectivity index (χ0n) is 13.3. The Hall–Kier alpha value is -0.570. The van der Waals surface area contributed by atoms with E-state index in [1.165, 1.54) is 19.3 Å². The van der Waals surface area contributed by atoms with Gasteiger partial charge < -0.3 is 11.1 Å². The van der Waals surface area contributed by atoms with Crippen LogP contribution in [0.5, 0.6) is 0 Å². The molecule has 5 atom stereocenters. The van der Waals surface area contributed by atoms with Gasteiger partial charge in [-0.25, -0.2) is 0 Å². The molecule has 1 aliphatic rings. The van der Waals surface area contributed by atoms with Gasteiger partial charge >= 0.3 is 0 Å². The zero-order chi connectivity index (χ0) is 14.6. The normalized spacial score (nSPS) is 34.8. The first-order chi connectivity index (χ1) is 8.87. The summed E-state index contributed by atoms with van der Waals surface area (Å²) in [6.45, 7) is 8.72. The van der Waals surface area contributed by atoms with Gasteiger partial charge in [0.25, 0.3) is 0 Å². The molecule has 0 aliphatic heterocycles. The van der Waals surface area contributed by atoms with Crippen LogP contribution in [0, 0.1) is 23.2 Å². The lowest BCUT2D eigenvalue weighted by molar-refractivity contribution is -0.128. The van der Waals surface area contributed by atoms with E-state index in [1.54, 1.807) is 0 Å². The number of rotatable bonds is 6. The Morgan fingerprint density at radius 2 is 2.00 bits per heavy atom. The fourth-order valence-electron chi connectivity index (χ4n) is 3.97. The lowest BCUT2D eigenvalue weighted by Gasteiger charge is -2.42. The summed E-state index contributed by atoms with van der Waals surface area (Å²) in [5.41, 5.74) is 5.28. The van der Waals surface area contributed by atoms with Gasteiger partial charge in [0.2, 0.25) is 5.91 Å². The molecule has 1 amide bonds. The standard InChI is InChI=1S/C16H32N2O/c1-6-13-9-12(8-11(3)14(13)18-5)10-16(4,7-2)15(17)19/h11-14,18H,6-10H2,1-5H3,(H2,17,19). The second-order valence-corrected chi connectivity index (χ2v) is 6.78. The maximum Gasteiger partial charge on any atom is 0.223 e. The van der Waals surface area contributed by atoms with Crippen LogP contribution in [0.4, 0.5) is 0 Å². The molecule has 112 valence electrons. The monoisotopic (exact) mass is 268 g/mol. The van der Waals surface area contributed by atoms with E-state index in [0.29, 0.717) is 17.9 Å². The van der Waals surface area contributed by atoms with Crippen LogP contribution < -0.4 is 11.1 Å². The van der Waals surface area contributed by atoms with Crippen molar-refractivity contribution in [3.8, 4) is 0 Å². The number of carbonyl (C=O) groups excluding carboxylic acids is 1. The average molecular weight is 268 g/mol. The van der Waals surface area contributed by atoms with Gasteiger partial charge in [0.05, 0.1) is 0 Å². The summed E-state index contributed by atoms with van der Waals surface area (Å²) >= 11 is 0. The van der Waals surface area contributed by atoms with Crippen LogP contribution in [0.2, 0.25) is 0 Å². The van der Waals surface area contributed by atoms with E-state index in [9.17, 15) is 4.79 Å². The molecule has 0 aromatic rings. The summed E-state index contributed by atoms with van der Waals surface area (Å²) in [7, 11) is 2.07. The van der Waals surface area contributed by atoms with Crippen LogP contribution in [0.3, 0.4) is 0 Å². The summed E-state index contributed by atoms with van der Waals surface area (Å²) in [6.07, 6.45) is 5.46. The van der Waals surface area contributed by atoms with Crippen LogP contribution in [-0.4, -0.2) is 19.0 Å². The zero-order valence-corrected chi connectivity index (χ0v) is 13.3. The highest BCUT2D eigenvalue weighted by atomic mass is 16.1. The molecule has 0 saturated heterocycles. The van der Waals surface area contributed by atoms with Crippen molar-refractivity contribution in [2.75, 3.05) is 7.05 Å². The molecule has 1 aliphatic carbocycles. The average Bonchev–Trinajstić information content (AvgIpc) is 2.37. The number of nitrogens with two attached hydrogens (primary N) is 1. The summed E-state index contributed by atoms with van der Waals surface area (Å²) < 4.78 is 0. The van der Waals surface area contributed by atoms with Crippen LogP contribution in [0.1, 0.15) is 59.8 Å². The van der Waals surface area contributed by atoms with Crippen LogP contribution in [0.15, 0.2) is 0 Å². The summed E-state index contributed by atoms with van der Waals surface area (Å²) in [4.78, 5) is 11.7. The highest BCUT2D eigenvalue weighted by molar-refractivity contribution is 5.80. The van der Waals surface area contributed by atoms with Crippen molar-refractivity contribution >= 4 is 5.91 Å². The maximum atomic E-state index is 11.7. The van der Waals surface area contributed by atoms with Crippen molar-refractivity contribution < 1.29 is 4.79 Å². The lowest BCUT2D eigenvalue weighted by atomic mass is 9.66. The highest BCUT2D eigenvalue weighted by Gasteiger charge is 2.38. The molecule has 1 rings (SSSR count). The lowest BCUT2D eigenvalue weighted by Crippen LogP contribution is -2.45. The van der Waals surface area contributed by atoms with Crippen LogP contribution in [0.25, 0.3) is 0 Å². The molecule has 0 bridgehead atoms. The van der Waals surface area contributed by atoms with Gasteiger partial charge in [-0.2, -0.15) is 0 Å². The molecule has 3 nitrogen and oxygen atoms in total. The van der Waals surface area contributed by atoms with Gasteiger partial charge in [-0.1, -0.05) is 34.1 Å². The number of amides is 1. The molecule has 5 unspecified atom stereocenters. The van der Waals surface area contributed by atoms with E-state index in [1.807, 2.05) is 6.92 Å². The molecule has 0 heterocycles. The number of hydrogen-bond acceptors (Lipinski definition) is 2. The summed E-state index contributed by atoms with van der Waals surface area (Å²) in [5.74, 6) is 1.92. The molecular weight excluding hydrogens is 236 g/mol. The van der Waals surface area contributed by atoms with Crippen molar-refractivity contribution in [3.63, 3.8) is 0 Å². The largest absolute Gasteiger partial charge is 0.369 e. The predicted octanol–water partition coefficient (Wildman–Crippen LogP) is 2.94. The fraction of sp³-hybridized carbons (Fsp3) is 0.938. The molecule has 3 N–H and O–H groups in total. The molecule has 0 aromatic carbocycles. The minimum Gasteiger partial charge on any atom is -0.369 e. The number of nitrogens with one attached hydrogen (secondary N) is 1. The second kappa shape index (κ2) is 6.74. The molecular formula is C16H32N2O. The molecule has 0 radical (unpaired) electrons. The number of hydrogen-bond donors (Lipinski definition) is 2. The molecule has 19 heavy (non-hydrogen) atoms. The van der Waals surface area contributed by atoms with Crippen molar-refractivity contribution in [2.24, 2.45) is 28.9 Å². The van der Waals surface area contributed by atoms with Crippen molar-refractivity contribution in [1.82, 2.24) is 5.32 Å². The molecule has 1 fully saturated rings. The quantitative estimate of drug-likeness (QED) is 0.778. The Morgan fingerprint density at radius 3 is 2.42 bits per heavy atom. The molecule has 3 heteroatoms. The van der Waals surface area contributed by atoms with E-state index in [0.717, 1.165) is 18.8 Å². The minimum absolute atomic E-state index is 0.133. The Morgan fingerprint density at radius 1 is 1.37 bits per heavy atom. The van der Waals surface area contributed by atoms with Gasteiger partial charge in [0.15, 0.2) is 0 Å². The summed E-state index contributed by atoms with van der Waals surface area (Å²) in [6, 6.07) is 0.628. The van der Waals surface area contributed by atoms with Crippen molar-refractivity contribution in [1.29, 1.82) is 0 Å². The third-order valence-corrected chi connectivity index (χ3v) is 5.43. The Bertz CT molecular complexity index is 305. The SMILES string of the molecule is CCC1CC(CC(C)(CC)C(N)=O)CC(C)C1NC. The highest BCUT2D eigenvalue weighted by Crippen LogP contribution is 2.41. The van der Waals surface area contributed by atoms with Gasteiger partial charge in [0.1, 0.15) is 0 Å². The van der Waals surface area contributed by atoms with Gasteiger partial charge in [-0.3, -0.25) is 4.79 Å². The molecule has 0 aromatic heterocycles. The van der Waals surface area contributed by atoms with E-state index in [2.05, 4.69) is 33.1 Å². The van der Waals surface area contributed by atoms with Crippen LogP contribution >= 0.6 is 0 Å². The predicted molar refractivity (Wildman–Crippen MR) is 80.7 cm³/mol. The Labute approximate surface area is 118 Å². The van der Waals surface area contributed by atoms with E-state index in [-0.39, 0.29) is 11.3 Å². The topological polar surface area (TPSA) is 55.1 Å². The van der Waals surface area contributed by atoms with E-state index in [4.69, 9.17) is 5.73 Å². The third-order valence-electron chi connectivity index (χ3n) is 5.43. The third kappa shape index (κ3) is 3.71. The fourth-order valence-corrected chi connectivity index (χ4v) is 3.97. The minimum atomic E-state index is -0.324. The van der Waals surface area contributed by atoms with Gasteiger partial charge in [0, 0.05) is 11.5 Å². The Kier molecular flexibility index (Phi) is 5.84. The van der Waals surface area contributed by atoms with E-state index < -0.39 is 0 Å². The first kappa shape index (κ1) is 16.5. The maximum absolute atomic E-state index is 11.7. The van der Waals surface area contributed by atoms with Gasteiger partial charge in [-0.05, 0) is 50.5 Å². The van der Waals surface area contributed by atoms with Gasteiger partial charge in [-0.15, -0.1) is 0 Å². The second-order valence-electron chi connectivity index (χ2n) is 6.78. The molecule has 1 saturated carbocycles. The first-order valence-corrected chi connectivity index (χ1v) is 7.85. The first-order valence-electron chi connectivity index (χ1n) is 7.85. The smallest absolute Gasteiger partial charge is 0.223 e.